The van der Waals surface area contributed by atoms with Crippen LogP contribution in [0.25, 0.3) is 0 Å². The van der Waals surface area contributed by atoms with E-state index in [1.807, 2.05) is 0 Å². The zero-order valence-electron chi connectivity index (χ0n) is 26.6. The molecule has 0 radical (unpaired) electrons. The molecule has 39 heavy (non-hydrogen) atoms. The lowest BCUT2D eigenvalue weighted by Crippen LogP contribution is -2.64. The summed E-state index contributed by atoms with van der Waals surface area (Å²) in [4.78, 5) is 0. The van der Waals surface area contributed by atoms with Gasteiger partial charge in [-0.05, 0) is 134 Å². The van der Waals surface area contributed by atoms with Crippen molar-refractivity contribution in [2.75, 3.05) is 52.5 Å². The molecule has 4 N–H and O–H groups in total. The summed E-state index contributed by atoms with van der Waals surface area (Å²) >= 11 is 0. The zero-order chi connectivity index (χ0) is 28.6. The molecule has 2 saturated heterocycles. The molecular weight excluding hydrogens is 537 g/mol. The molecule has 4 unspecified atom stereocenters. The minimum Gasteiger partial charge on any atom is -0.403 e. The van der Waals surface area contributed by atoms with Gasteiger partial charge in [0.15, 0.2) is 0 Å². The fourth-order valence-electron chi connectivity index (χ4n) is 8.49. The van der Waals surface area contributed by atoms with Gasteiger partial charge in [0.2, 0.25) is 0 Å². The Balaban J connectivity index is 1.81. The van der Waals surface area contributed by atoms with Gasteiger partial charge < -0.3 is 29.0 Å². The Morgan fingerprint density at radius 2 is 1.62 bits per heavy atom. The SMILES string of the molecule is CCO[Si]1(OCC)CCCN1CCCC(CCC1(CN)CCCC(CN)C1)[Si]1(OCC)CCCN1[Si](C)(C)C. The number of nitrogens with two attached hydrogens (primary N) is 2. The second-order valence-electron chi connectivity index (χ2n) is 13.7. The molecule has 0 spiro atoms. The largest absolute Gasteiger partial charge is 0.427 e. The molecule has 0 aromatic rings. The predicted octanol–water partition coefficient (Wildman–Crippen LogP) is 5.75. The van der Waals surface area contributed by atoms with Gasteiger partial charge in [-0.1, -0.05) is 26.1 Å². The molecule has 0 bridgehead atoms. The summed E-state index contributed by atoms with van der Waals surface area (Å²) in [5.41, 5.74) is 13.7. The van der Waals surface area contributed by atoms with E-state index in [1.165, 1.54) is 76.8 Å². The van der Waals surface area contributed by atoms with E-state index >= 15 is 0 Å². The summed E-state index contributed by atoms with van der Waals surface area (Å²) in [6.45, 7) is 21.5. The van der Waals surface area contributed by atoms with Crippen LogP contribution in [0.1, 0.15) is 85.0 Å². The predicted molar refractivity (Wildman–Crippen MR) is 172 cm³/mol. The van der Waals surface area contributed by atoms with E-state index < -0.39 is 25.4 Å². The van der Waals surface area contributed by atoms with Gasteiger partial charge in [-0.2, -0.15) is 0 Å². The quantitative estimate of drug-likeness (QED) is 0.206. The van der Waals surface area contributed by atoms with Gasteiger partial charge in [0.05, 0.1) is 0 Å². The monoisotopic (exact) mass is 600 g/mol. The summed E-state index contributed by atoms with van der Waals surface area (Å²) < 4.78 is 25.5. The highest BCUT2D eigenvalue weighted by Crippen LogP contribution is 2.49. The minimum absolute atomic E-state index is 0.270. The summed E-state index contributed by atoms with van der Waals surface area (Å²) in [7, 11) is -5.80. The first-order valence-corrected chi connectivity index (χ1v) is 24.0. The fraction of sp³-hybridized carbons (Fsp3) is 1.00. The number of nitrogens with zero attached hydrogens (tertiary/aromatic N) is 2. The smallest absolute Gasteiger partial charge is 0.403 e. The van der Waals surface area contributed by atoms with Crippen LogP contribution < -0.4 is 11.5 Å². The second-order valence-corrected chi connectivity index (χ2v) is 26.0. The van der Waals surface area contributed by atoms with Crippen LogP contribution in [0.4, 0.5) is 0 Å². The summed E-state index contributed by atoms with van der Waals surface area (Å²) in [6, 6.07) is 2.41. The van der Waals surface area contributed by atoms with Crippen molar-refractivity contribution in [3.63, 3.8) is 0 Å². The van der Waals surface area contributed by atoms with E-state index in [0.717, 1.165) is 52.0 Å². The van der Waals surface area contributed by atoms with Gasteiger partial charge in [0.25, 0.3) is 8.48 Å². The van der Waals surface area contributed by atoms with Gasteiger partial charge in [-0.25, -0.2) is 0 Å². The average molecular weight is 601 g/mol. The molecule has 1 saturated carbocycles. The molecule has 230 valence electrons. The third-order valence-corrected chi connectivity index (χ3v) is 23.9. The van der Waals surface area contributed by atoms with E-state index in [2.05, 4.69) is 49.2 Å². The van der Waals surface area contributed by atoms with Gasteiger partial charge in [-0.3, -0.25) is 4.57 Å². The standard InChI is InChI=1S/C29H64N4O3Si3/c1-7-34-38(22-13-21-33(38)37(4,5)6)28(16-18-29(26-31)17-10-14-27(24-29)25-30)15-11-19-32-20-12-23-39(32,35-8-2)36-9-3/h27-28H,7-26,30-31H2,1-6H3. The highest BCUT2D eigenvalue weighted by molar-refractivity contribution is 6.89. The first kappa shape index (κ1) is 33.9. The Hall–Kier alpha value is 0.371. The molecular formula is C29H64N4O3Si3. The van der Waals surface area contributed by atoms with Crippen molar-refractivity contribution in [3.05, 3.63) is 0 Å². The van der Waals surface area contributed by atoms with Crippen molar-refractivity contribution < 1.29 is 13.3 Å². The van der Waals surface area contributed by atoms with Crippen molar-refractivity contribution in [1.29, 1.82) is 0 Å². The topological polar surface area (TPSA) is 86.2 Å². The van der Waals surface area contributed by atoms with Crippen LogP contribution in [0.5, 0.6) is 0 Å². The summed E-state index contributed by atoms with van der Waals surface area (Å²) in [5, 5.41) is 0. The van der Waals surface area contributed by atoms with Crippen LogP contribution in [0.3, 0.4) is 0 Å². The van der Waals surface area contributed by atoms with Gasteiger partial charge in [-0.15, -0.1) is 0 Å². The van der Waals surface area contributed by atoms with Crippen molar-refractivity contribution >= 4 is 25.4 Å². The van der Waals surface area contributed by atoms with E-state index in [9.17, 15) is 0 Å². The lowest BCUT2D eigenvalue weighted by Gasteiger charge is -2.49. The van der Waals surface area contributed by atoms with Crippen LogP contribution in [0.2, 0.25) is 37.3 Å². The summed E-state index contributed by atoms with van der Waals surface area (Å²) in [6.07, 6.45) is 12.6. The van der Waals surface area contributed by atoms with E-state index in [1.54, 1.807) is 0 Å². The highest BCUT2D eigenvalue weighted by Gasteiger charge is 2.55. The van der Waals surface area contributed by atoms with Crippen LogP contribution in [-0.2, 0) is 13.3 Å². The maximum atomic E-state index is 7.08. The molecule has 10 heteroatoms. The molecule has 4 atom stereocenters. The van der Waals surface area contributed by atoms with Crippen molar-refractivity contribution in [2.24, 2.45) is 22.8 Å². The molecule has 3 rings (SSSR count). The van der Waals surface area contributed by atoms with Crippen LogP contribution in [-0.4, -0.2) is 86.8 Å². The Morgan fingerprint density at radius 3 is 2.23 bits per heavy atom. The maximum Gasteiger partial charge on any atom is 0.427 e. The molecule has 7 nitrogen and oxygen atoms in total. The van der Waals surface area contributed by atoms with Gasteiger partial charge >= 0.3 is 8.72 Å². The Bertz CT molecular complexity index is 724. The molecule has 0 aromatic carbocycles. The zero-order valence-corrected chi connectivity index (χ0v) is 29.6. The van der Waals surface area contributed by atoms with Crippen molar-refractivity contribution in [1.82, 2.24) is 8.80 Å². The molecule has 2 heterocycles. The van der Waals surface area contributed by atoms with Gasteiger partial charge in [0.1, 0.15) is 8.24 Å². The van der Waals surface area contributed by atoms with Crippen molar-refractivity contribution in [2.45, 2.75) is 122 Å². The molecule has 2 aliphatic heterocycles. The lowest BCUT2D eigenvalue weighted by atomic mass is 9.67. The normalized spacial score (nSPS) is 31.2. The highest BCUT2D eigenvalue weighted by atomic mass is 28.4. The third-order valence-electron chi connectivity index (χ3n) is 10.2. The average Bonchev–Trinajstić information content (AvgIpc) is 3.52. The number of rotatable bonds is 17. The molecule has 3 aliphatic rings. The first-order valence-electron chi connectivity index (χ1n) is 16.5. The second kappa shape index (κ2) is 15.2. The van der Waals surface area contributed by atoms with Crippen LogP contribution in [0, 0.1) is 11.3 Å². The third kappa shape index (κ3) is 8.06. The lowest BCUT2D eigenvalue weighted by molar-refractivity contribution is 0.129. The van der Waals surface area contributed by atoms with Crippen LogP contribution >= 0.6 is 0 Å². The molecule has 1 aliphatic carbocycles. The maximum absolute atomic E-state index is 7.08. The number of hydrogen-bond donors (Lipinski definition) is 2. The van der Waals surface area contributed by atoms with Gasteiger partial charge in [0, 0.05) is 25.9 Å². The van der Waals surface area contributed by atoms with E-state index in [0.29, 0.717) is 11.5 Å². The number of hydrogen-bond acceptors (Lipinski definition) is 7. The van der Waals surface area contributed by atoms with Crippen LogP contribution in [0.15, 0.2) is 0 Å². The first-order chi connectivity index (χ1) is 18.6. The Kier molecular flexibility index (Phi) is 13.2. The minimum atomic E-state index is -2.24. The molecule has 0 amide bonds. The van der Waals surface area contributed by atoms with E-state index in [-0.39, 0.29) is 5.41 Å². The Labute approximate surface area is 244 Å². The molecule has 3 fully saturated rings. The molecule has 0 aromatic heterocycles. The summed E-state index contributed by atoms with van der Waals surface area (Å²) in [5.74, 6) is 0.647. The fourth-order valence-corrected chi connectivity index (χ4v) is 23.1. The van der Waals surface area contributed by atoms with Crippen molar-refractivity contribution in [3.8, 4) is 0 Å². The van der Waals surface area contributed by atoms with E-state index in [4.69, 9.17) is 24.7 Å². The Morgan fingerprint density at radius 1 is 0.923 bits per heavy atom.